The van der Waals surface area contributed by atoms with Gasteiger partial charge in [-0.1, -0.05) is 18.2 Å². The summed E-state index contributed by atoms with van der Waals surface area (Å²) in [6.07, 6.45) is 4.84. The van der Waals surface area contributed by atoms with Crippen LogP contribution in [0.2, 0.25) is 0 Å². The fourth-order valence-electron chi connectivity index (χ4n) is 2.93. The van der Waals surface area contributed by atoms with Crippen LogP contribution in [-0.4, -0.2) is 15.9 Å². The molecule has 0 bridgehead atoms. The lowest BCUT2D eigenvalue weighted by molar-refractivity contribution is -0.116. The van der Waals surface area contributed by atoms with Crippen LogP contribution in [0.4, 0.5) is 4.39 Å². The molecule has 0 unspecified atom stereocenters. The molecule has 2 heterocycles. The second-order valence-electron chi connectivity index (χ2n) is 7.33. The highest BCUT2D eigenvalue weighted by Crippen LogP contribution is 2.20. The van der Waals surface area contributed by atoms with E-state index in [2.05, 4.69) is 15.3 Å². The van der Waals surface area contributed by atoms with Gasteiger partial charge in [-0.25, -0.2) is 14.4 Å². The van der Waals surface area contributed by atoms with Crippen LogP contribution in [0.15, 0.2) is 78.3 Å². The van der Waals surface area contributed by atoms with E-state index in [1.165, 1.54) is 30.3 Å². The molecule has 172 valence electrons. The van der Waals surface area contributed by atoms with E-state index >= 15 is 0 Å². The number of hydrogen-bond donors (Lipinski definition) is 1. The van der Waals surface area contributed by atoms with E-state index in [4.69, 9.17) is 9.47 Å². The van der Waals surface area contributed by atoms with Gasteiger partial charge < -0.3 is 14.8 Å². The third kappa shape index (κ3) is 6.98. The Kier molecular flexibility index (Phi) is 7.62. The number of benzene rings is 2. The minimum Gasteiger partial charge on any atom is -0.487 e. The van der Waals surface area contributed by atoms with E-state index in [0.717, 1.165) is 27.6 Å². The molecule has 2 aromatic heterocycles. The zero-order chi connectivity index (χ0) is 23.8. The quantitative estimate of drug-likeness (QED) is 0.315. The Labute approximate surface area is 200 Å². The molecule has 1 N–H and O–H groups in total. The molecular formula is C26H22FN3O3S. The number of halogens is 1. The molecule has 1 amide bonds. The monoisotopic (exact) mass is 475 g/mol. The average Bonchev–Trinajstić information content (AvgIpc) is 3.28. The largest absolute Gasteiger partial charge is 0.487 e. The second-order valence-corrected chi connectivity index (χ2v) is 8.39. The summed E-state index contributed by atoms with van der Waals surface area (Å²) < 4.78 is 24.3. The molecule has 2 aromatic carbocycles. The van der Waals surface area contributed by atoms with Gasteiger partial charge in [0.05, 0.1) is 10.7 Å². The number of thiazole rings is 1. The predicted octanol–water partition coefficient (Wildman–Crippen LogP) is 5.69. The van der Waals surface area contributed by atoms with Crippen LogP contribution >= 0.6 is 11.3 Å². The van der Waals surface area contributed by atoms with E-state index in [0.29, 0.717) is 24.8 Å². The van der Waals surface area contributed by atoms with E-state index in [1.807, 2.05) is 42.6 Å². The summed E-state index contributed by atoms with van der Waals surface area (Å²) >= 11 is 1.60. The van der Waals surface area contributed by atoms with Gasteiger partial charge in [0.2, 0.25) is 11.8 Å². The number of amides is 1. The van der Waals surface area contributed by atoms with Gasteiger partial charge in [-0.2, -0.15) is 0 Å². The Hall–Kier alpha value is -4.04. The molecule has 0 atom stereocenters. The zero-order valence-corrected chi connectivity index (χ0v) is 19.2. The van der Waals surface area contributed by atoms with Crippen LogP contribution in [0, 0.1) is 12.7 Å². The Morgan fingerprint density at radius 2 is 1.82 bits per heavy atom. The van der Waals surface area contributed by atoms with Crippen molar-refractivity contribution in [3.8, 4) is 17.4 Å². The second kappa shape index (κ2) is 11.2. The molecule has 0 fully saturated rings. The summed E-state index contributed by atoms with van der Waals surface area (Å²) in [7, 11) is 0. The van der Waals surface area contributed by atoms with Gasteiger partial charge in [-0.3, -0.25) is 4.79 Å². The lowest BCUT2D eigenvalue weighted by Crippen LogP contribution is -2.20. The Balaban J connectivity index is 1.21. The lowest BCUT2D eigenvalue weighted by Gasteiger charge is -2.06. The SMILES string of the molecule is Cc1nc(COc2ccc(C=CC(=O)NCc3ccc(Oc4ccc(F)cc4)nc3)cc2)cs1. The highest BCUT2D eigenvalue weighted by molar-refractivity contribution is 7.09. The van der Waals surface area contributed by atoms with E-state index in [1.54, 1.807) is 29.7 Å². The first kappa shape index (κ1) is 23.1. The minimum absolute atomic E-state index is 0.217. The summed E-state index contributed by atoms with van der Waals surface area (Å²) in [4.78, 5) is 20.7. The molecule has 8 heteroatoms. The Bertz CT molecular complexity index is 1250. The molecule has 0 spiro atoms. The maximum Gasteiger partial charge on any atom is 0.244 e. The number of hydrogen-bond acceptors (Lipinski definition) is 6. The first-order valence-corrected chi connectivity index (χ1v) is 11.4. The van der Waals surface area contributed by atoms with Crippen molar-refractivity contribution in [2.75, 3.05) is 0 Å². The maximum absolute atomic E-state index is 13.0. The van der Waals surface area contributed by atoms with Gasteiger partial charge >= 0.3 is 0 Å². The summed E-state index contributed by atoms with van der Waals surface area (Å²) in [5, 5.41) is 5.82. The first-order chi connectivity index (χ1) is 16.5. The molecule has 34 heavy (non-hydrogen) atoms. The van der Waals surface area contributed by atoms with Crippen molar-refractivity contribution in [3.63, 3.8) is 0 Å². The summed E-state index contributed by atoms with van der Waals surface area (Å²) in [5.41, 5.74) is 2.62. The highest BCUT2D eigenvalue weighted by atomic mass is 32.1. The molecule has 0 aliphatic heterocycles. The molecule has 0 aliphatic rings. The van der Waals surface area contributed by atoms with Gasteiger partial charge in [-0.05, 0) is 60.5 Å². The molecule has 4 rings (SSSR count). The molecule has 0 aliphatic carbocycles. The van der Waals surface area contributed by atoms with Gasteiger partial charge in [0.25, 0.3) is 0 Å². The molecule has 0 radical (unpaired) electrons. The molecular weight excluding hydrogens is 453 g/mol. The Morgan fingerprint density at radius 1 is 1.06 bits per heavy atom. The number of aromatic nitrogens is 2. The predicted molar refractivity (Wildman–Crippen MR) is 129 cm³/mol. The van der Waals surface area contributed by atoms with Crippen LogP contribution in [0.3, 0.4) is 0 Å². The van der Waals surface area contributed by atoms with Crippen LogP contribution < -0.4 is 14.8 Å². The van der Waals surface area contributed by atoms with Gasteiger partial charge in [0.15, 0.2) is 0 Å². The van der Waals surface area contributed by atoms with Crippen molar-refractivity contribution < 1.29 is 18.7 Å². The van der Waals surface area contributed by atoms with Crippen molar-refractivity contribution >= 4 is 23.3 Å². The number of ether oxygens (including phenoxy) is 2. The molecule has 0 saturated heterocycles. The number of nitrogens with zero attached hydrogens (tertiary/aromatic N) is 2. The van der Waals surface area contributed by atoms with E-state index < -0.39 is 0 Å². The van der Waals surface area contributed by atoms with Crippen LogP contribution in [0.5, 0.6) is 17.4 Å². The topological polar surface area (TPSA) is 73.3 Å². The first-order valence-electron chi connectivity index (χ1n) is 10.5. The maximum atomic E-state index is 13.0. The van der Waals surface area contributed by atoms with Gasteiger partial charge in [0, 0.05) is 30.3 Å². The summed E-state index contributed by atoms with van der Waals surface area (Å²) in [6, 6.07) is 16.7. The highest BCUT2D eigenvalue weighted by Gasteiger charge is 2.03. The fourth-order valence-corrected chi connectivity index (χ4v) is 3.52. The zero-order valence-electron chi connectivity index (χ0n) is 18.4. The van der Waals surface area contributed by atoms with E-state index in [9.17, 15) is 9.18 Å². The number of carbonyl (C=O) groups is 1. The number of nitrogens with one attached hydrogen (secondary N) is 1. The van der Waals surface area contributed by atoms with Crippen molar-refractivity contribution in [3.05, 3.63) is 106 Å². The molecule has 4 aromatic rings. The van der Waals surface area contributed by atoms with Crippen molar-refractivity contribution in [1.82, 2.24) is 15.3 Å². The summed E-state index contributed by atoms with van der Waals surface area (Å²) in [6.45, 7) is 2.72. The molecule has 0 saturated carbocycles. The minimum atomic E-state index is -0.330. The van der Waals surface area contributed by atoms with Crippen molar-refractivity contribution in [1.29, 1.82) is 0 Å². The number of pyridine rings is 1. The smallest absolute Gasteiger partial charge is 0.244 e. The summed E-state index contributed by atoms with van der Waals surface area (Å²) in [5.74, 6) is 1.08. The van der Waals surface area contributed by atoms with Crippen molar-refractivity contribution in [2.45, 2.75) is 20.1 Å². The number of carbonyl (C=O) groups excluding carboxylic acids is 1. The van der Waals surface area contributed by atoms with Gasteiger partial charge in [-0.15, -0.1) is 11.3 Å². The number of rotatable bonds is 9. The third-order valence-electron chi connectivity index (χ3n) is 4.66. The third-order valence-corrected chi connectivity index (χ3v) is 5.48. The van der Waals surface area contributed by atoms with Crippen LogP contribution in [0.1, 0.15) is 21.8 Å². The number of aryl methyl sites for hydroxylation is 1. The Morgan fingerprint density at radius 3 is 2.50 bits per heavy atom. The standard InChI is InChI=1S/C26H22FN3O3S/c1-18-30-22(17-34-18)16-32-23-8-2-19(3-9-23)4-12-25(31)28-14-20-5-13-26(29-15-20)33-24-10-6-21(27)7-11-24/h2-13,15,17H,14,16H2,1H3,(H,28,31). The van der Waals surface area contributed by atoms with Gasteiger partial charge in [0.1, 0.15) is 23.9 Å². The lowest BCUT2D eigenvalue weighted by atomic mass is 10.2. The average molecular weight is 476 g/mol. The molecule has 6 nitrogen and oxygen atoms in total. The van der Waals surface area contributed by atoms with Crippen LogP contribution in [0.25, 0.3) is 6.08 Å². The van der Waals surface area contributed by atoms with E-state index in [-0.39, 0.29) is 11.7 Å². The van der Waals surface area contributed by atoms with Crippen LogP contribution in [-0.2, 0) is 17.9 Å². The normalized spacial score (nSPS) is 10.9. The fraction of sp³-hybridized carbons (Fsp3) is 0.115. The van der Waals surface area contributed by atoms with Crippen molar-refractivity contribution in [2.24, 2.45) is 0 Å².